The van der Waals surface area contributed by atoms with Crippen LogP contribution in [0.3, 0.4) is 0 Å². The van der Waals surface area contributed by atoms with Gasteiger partial charge in [-0.15, -0.1) is 0 Å². The molecule has 116 valence electrons. The molecule has 0 saturated carbocycles. The Kier molecular flexibility index (Phi) is 7.43. The molecule has 0 amide bonds. The van der Waals surface area contributed by atoms with Gasteiger partial charge in [-0.25, -0.2) is 0 Å². The number of carbonyl (C=O) groups is 1. The molecule has 0 aliphatic rings. The fraction of sp³-hybridized carbons (Fsp3) is 0.562. The lowest BCUT2D eigenvalue weighted by Crippen LogP contribution is -2.03. The maximum absolute atomic E-state index is 11.4. The van der Waals surface area contributed by atoms with Crippen molar-refractivity contribution in [2.24, 2.45) is 0 Å². The number of ether oxygens (including phenoxy) is 1. The number of Topliss-reactive ketones (excluding diaryl/α,β-unsaturated/α-hetero) is 1. The van der Waals surface area contributed by atoms with E-state index in [-0.39, 0.29) is 17.0 Å². The zero-order valence-electron chi connectivity index (χ0n) is 12.8. The summed E-state index contributed by atoms with van der Waals surface area (Å²) in [5, 5.41) is 10.8. The molecule has 0 aromatic heterocycles. The zero-order chi connectivity index (χ0) is 15.7. The van der Waals surface area contributed by atoms with Crippen LogP contribution >= 0.6 is 0 Å². The van der Waals surface area contributed by atoms with Crippen LogP contribution in [0, 0.1) is 10.1 Å². The van der Waals surface area contributed by atoms with Crippen molar-refractivity contribution < 1.29 is 14.5 Å². The van der Waals surface area contributed by atoms with E-state index in [1.807, 2.05) is 0 Å². The standard InChI is InChI=1S/C16H23NO4/c1-3-4-5-6-7-8-11-21-14-9-10-16(17(19)20)15(12-14)13(2)18/h9-10,12H,3-8,11H2,1-2H3. The van der Waals surface area contributed by atoms with Gasteiger partial charge in [-0.3, -0.25) is 14.9 Å². The number of nitro benzene ring substituents is 1. The molecule has 1 aromatic carbocycles. The number of ketones is 1. The summed E-state index contributed by atoms with van der Waals surface area (Å²) >= 11 is 0. The lowest BCUT2D eigenvalue weighted by atomic mass is 10.1. The molecule has 0 atom stereocenters. The Labute approximate surface area is 125 Å². The Bertz CT molecular complexity index is 485. The van der Waals surface area contributed by atoms with Crippen molar-refractivity contribution in [2.75, 3.05) is 6.61 Å². The molecular weight excluding hydrogens is 270 g/mol. The van der Waals surface area contributed by atoms with Crippen molar-refractivity contribution in [3.05, 3.63) is 33.9 Å². The smallest absolute Gasteiger partial charge is 0.280 e. The SMILES string of the molecule is CCCCCCCCOc1ccc([N+](=O)[O-])c(C(C)=O)c1. The molecule has 0 saturated heterocycles. The predicted molar refractivity (Wildman–Crippen MR) is 82.0 cm³/mol. The second kappa shape index (κ2) is 9.10. The normalized spacial score (nSPS) is 10.4. The summed E-state index contributed by atoms with van der Waals surface area (Å²) < 4.78 is 5.56. The molecule has 0 spiro atoms. The van der Waals surface area contributed by atoms with Gasteiger partial charge in [-0.2, -0.15) is 0 Å². The van der Waals surface area contributed by atoms with E-state index >= 15 is 0 Å². The fourth-order valence-electron chi connectivity index (χ4n) is 2.12. The third kappa shape index (κ3) is 5.94. The molecule has 0 aliphatic carbocycles. The second-order valence-electron chi connectivity index (χ2n) is 5.11. The van der Waals surface area contributed by atoms with Crippen LogP contribution in [0.5, 0.6) is 5.75 Å². The Hall–Kier alpha value is -1.91. The van der Waals surface area contributed by atoms with E-state index in [2.05, 4.69) is 6.92 Å². The number of hydrogen-bond acceptors (Lipinski definition) is 4. The summed E-state index contributed by atoms with van der Waals surface area (Å²) in [6.07, 6.45) is 7.03. The summed E-state index contributed by atoms with van der Waals surface area (Å²) in [4.78, 5) is 21.7. The van der Waals surface area contributed by atoms with Gasteiger partial charge in [0.1, 0.15) is 5.75 Å². The molecular formula is C16H23NO4. The monoisotopic (exact) mass is 293 g/mol. The lowest BCUT2D eigenvalue weighted by Gasteiger charge is -2.07. The molecule has 0 unspecified atom stereocenters. The van der Waals surface area contributed by atoms with Gasteiger partial charge in [0, 0.05) is 6.07 Å². The third-order valence-corrected chi connectivity index (χ3v) is 3.31. The molecule has 0 bridgehead atoms. The Morgan fingerprint density at radius 2 is 1.86 bits per heavy atom. The largest absolute Gasteiger partial charge is 0.494 e. The average Bonchev–Trinajstić information content (AvgIpc) is 2.46. The quantitative estimate of drug-likeness (QED) is 0.275. The highest BCUT2D eigenvalue weighted by molar-refractivity contribution is 5.98. The third-order valence-electron chi connectivity index (χ3n) is 3.31. The first-order valence-electron chi connectivity index (χ1n) is 7.48. The number of unbranched alkanes of at least 4 members (excludes halogenated alkanes) is 5. The maximum Gasteiger partial charge on any atom is 0.280 e. The molecule has 0 fully saturated rings. The van der Waals surface area contributed by atoms with Crippen molar-refractivity contribution in [1.29, 1.82) is 0 Å². The van der Waals surface area contributed by atoms with Gasteiger partial charge in [0.2, 0.25) is 0 Å². The molecule has 5 nitrogen and oxygen atoms in total. The van der Waals surface area contributed by atoms with Gasteiger partial charge in [0.05, 0.1) is 17.1 Å². The van der Waals surface area contributed by atoms with Crippen molar-refractivity contribution >= 4 is 11.5 Å². The van der Waals surface area contributed by atoms with E-state index in [1.54, 1.807) is 6.07 Å². The minimum Gasteiger partial charge on any atom is -0.494 e. The van der Waals surface area contributed by atoms with Crippen LogP contribution in [0.1, 0.15) is 62.7 Å². The molecule has 21 heavy (non-hydrogen) atoms. The van der Waals surface area contributed by atoms with Gasteiger partial charge in [-0.05, 0) is 25.5 Å². The molecule has 0 heterocycles. The van der Waals surface area contributed by atoms with Crippen molar-refractivity contribution in [1.82, 2.24) is 0 Å². The number of nitrogens with zero attached hydrogens (tertiary/aromatic N) is 1. The predicted octanol–water partition coefficient (Wildman–Crippen LogP) is 4.54. The van der Waals surface area contributed by atoms with E-state index in [1.165, 1.54) is 44.7 Å². The summed E-state index contributed by atoms with van der Waals surface area (Å²) in [5.74, 6) is 0.186. The number of rotatable bonds is 10. The van der Waals surface area contributed by atoms with Crippen LogP contribution in [0.15, 0.2) is 18.2 Å². The average molecular weight is 293 g/mol. The van der Waals surface area contributed by atoms with Crippen LogP contribution in [0.2, 0.25) is 0 Å². The van der Waals surface area contributed by atoms with Gasteiger partial charge in [0.25, 0.3) is 5.69 Å². The molecule has 0 radical (unpaired) electrons. The van der Waals surface area contributed by atoms with Crippen LogP contribution < -0.4 is 4.74 Å². The Morgan fingerprint density at radius 1 is 1.19 bits per heavy atom. The van der Waals surface area contributed by atoms with Crippen LogP contribution in [-0.2, 0) is 0 Å². The van der Waals surface area contributed by atoms with Gasteiger partial charge in [0.15, 0.2) is 5.78 Å². The molecule has 5 heteroatoms. The minimum atomic E-state index is -0.547. The van der Waals surface area contributed by atoms with Crippen LogP contribution in [0.4, 0.5) is 5.69 Å². The minimum absolute atomic E-state index is 0.0976. The Balaban J connectivity index is 2.47. The Morgan fingerprint density at radius 3 is 2.48 bits per heavy atom. The van der Waals surface area contributed by atoms with Crippen molar-refractivity contribution in [3.63, 3.8) is 0 Å². The van der Waals surface area contributed by atoms with E-state index in [0.29, 0.717) is 12.4 Å². The first kappa shape index (κ1) is 17.1. The first-order valence-corrected chi connectivity index (χ1v) is 7.48. The highest BCUT2D eigenvalue weighted by Crippen LogP contribution is 2.24. The molecule has 1 aromatic rings. The summed E-state index contributed by atoms with van der Waals surface area (Å²) in [5.41, 5.74) is -0.0742. The second-order valence-corrected chi connectivity index (χ2v) is 5.11. The van der Waals surface area contributed by atoms with E-state index in [9.17, 15) is 14.9 Å². The van der Waals surface area contributed by atoms with Gasteiger partial charge < -0.3 is 4.74 Å². The maximum atomic E-state index is 11.4. The lowest BCUT2D eigenvalue weighted by molar-refractivity contribution is -0.385. The van der Waals surface area contributed by atoms with Crippen LogP contribution in [-0.4, -0.2) is 17.3 Å². The van der Waals surface area contributed by atoms with E-state index in [4.69, 9.17) is 4.74 Å². The number of benzene rings is 1. The summed E-state index contributed by atoms with van der Waals surface area (Å²) in [6, 6.07) is 4.33. The van der Waals surface area contributed by atoms with Gasteiger partial charge >= 0.3 is 0 Å². The van der Waals surface area contributed by atoms with Gasteiger partial charge in [-0.1, -0.05) is 39.0 Å². The molecule has 0 aliphatic heterocycles. The van der Waals surface area contributed by atoms with Crippen molar-refractivity contribution in [2.45, 2.75) is 52.4 Å². The molecule has 0 N–H and O–H groups in total. The summed E-state index contributed by atoms with van der Waals surface area (Å²) in [7, 11) is 0. The topological polar surface area (TPSA) is 69.4 Å². The fourth-order valence-corrected chi connectivity index (χ4v) is 2.12. The molecule has 1 rings (SSSR count). The van der Waals surface area contributed by atoms with E-state index in [0.717, 1.165) is 12.8 Å². The highest BCUT2D eigenvalue weighted by atomic mass is 16.6. The highest BCUT2D eigenvalue weighted by Gasteiger charge is 2.17. The van der Waals surface area contributed by atoms with Crippen molar-refractivity contribution in [3.8, 4) is 5.75 Å². The van der Waals surface area contributed by atoms with E-state index < -0.39 is 4.92 Å². The number of carbonyl (C=O) groups excluding carboxylic acids is 1. The zero-order valence-corrected chi connectivity index (χ0v) is 12.8. The number of nitro groups is 1. The number of hydrogen-bond donors (Lipinski definition) is 0. The first-order chi connectivity index (χ1) is 10.1. The summed E-state index contributed by atoms with van der Waals surface area (Å²) in [6.45, 7) is 4.07. The van der Waals surface area contributed by atoms with Crippen LogP contribution in [0.25, 0.3) is 0 Å².